The van der Waals surface area contributed by atoms with Crippen LogP contribution >= 0.6 is 0 Å². The number of para-hydroxylation sites is 1. The Morgan fingerprint density at radius 2 is 1.72 bits per heavy atom. The van der Waals surface area contributed by atoms with Gasteiger partial charge in [-0.2, -0.15) is 5.10 Å². The van der Waals surface area contributed by atoms with Crippen LogP contribution in [0.1, 0.15) is 60.2 Å². The van der Waals surface area contributed by atoms with E-state index in [1.165, 1.54) is 12.0 Å². The lowest BCUT2D eigenvalue weighted by Crippen LogP contribution is -2.45. The fourth-order valence-corrected chi connectivity index (χ4v) is 5.02. The minimum atomic E-state index is -0.474. The van der Waals surface area contributed by atoms with Crippen molar-refractivity contribution in [2.75, 3.05) is 7.11 Å². The smallest absolute Gasteiger partial charge is 0.230 e. The Morgan fingerprint density at radius 3 is 2.38 bits per heavy atom. The lowest BCUT2D eigenvalue weighted by Gasteiger charge is -2.36. The molecule has 2 aromatic carbocycles. The van der Waals surface area contributed by atoms with Crippen LogP contribution in [0.5, 0.6) is 5.75 Å². The third-order valence-electron chi connectivity index (χ3n) is 6.99. The van der Waals surface area contributed by atoms with E-state index in [9.17, 15) is 4.79 Å². The van der Waals surface area contributed by atoms with E-state index in [2.05, 4.69) is 43.4 Å². The maximum Gasteiger partial charge on any atom is 0.230 e. The average molecular weight is 432 g/mol. The summed E-state index contributed by atoms with van der Waals surface area (Å²) in [6.07, 6.45) is 5.09. The van der Waals surface area contributed by atoms with E-state index in [0.29, 0.717) is 6.54 Å². The molecule has 0 spiro atoms. The van der Waals surface area contributed by atoms with Gasteiger partial charge in [-0.05, 0) is 62.9 Å². The SMILES string of the molecule is COc1ccc(C2(C(=O)NCc3c(C)nn(-c4ccccc4C)c3C)CCCCC2)cc1. The Morgan fingerprint density at radius 1 is 1.03 bits per heavy atom. The molecule has 0 saturated heterocycles. The van der Waals surface area contributed by atoms with Gasteiger partial charge in [0.2, 0.25) is 5.91 Å². The second-order valence-electron chi connectivity index (χ2n) is 8.90. The fraction of sp³-hybridized carbons (Fsp3) is 0.407. The number of hydrogen-bond donors (Lipinski definition) is 1. The highest BCUT2D eigenvalue weighted by molar-refractivity contribution is 5.88. The minimum absolute atomic E-state index is 0.116. The maximum absolute atomic E-state index is 13.6. The first kappa shape index (κ1) is 22.1. The van der Waals surface area contributed by atoms with Crippen LogP contribution in [0, 0.1) is 20.8 Å². The van der Waals surface area contributed by atoms with Crippen LogP contribution in [0.4, 0.5) is 0 Å². The lowest BCUT2D eigenvalue weighted by molar-refractivity contribution is -0.128. The Labute approximate surface area is 190 Å². The normalized spacial score (nSPS) is 15.4. The number of methoxy groups -OCH3 is 1. The summed E-state index contributed by atoms with van der Waals surface area (Å²) in [5, 5.41) is 8.05. The van der Waals surface area contributed by atoms with E-state index in [-0.39, 0.29) is 5.91 Å². The number of benzene rings is 2. The number of rotatable bonds is 6. The van der Waals surface area contributed by atoms with Crippen LogP contribution in [-0.2, 0) is 16.8 Å². The van der Waals surface area contributed by atoms with E-state index in [1.807, 2.05) is 35.9 Å². The summed E-state index contributed by atoms with van der Waals surface area (Å²) >= 11 is 0. The first-order valence-electron chi connectivity index (χ1n) is 11.5. The molecule has 5 heteroatoms. The fourth-order valence-electron chi connectivity index (χ4n) is 5.02. The van der Waals surface area contributed by atoms with Gasteiger partial charge in [0.05, 0.1) is 23.9 Å². The van der Waals surface area contributed by atoms with Crippen LogP contribution in [0.15, 0.2) is 48.5 Å². The van der Waals surface area contributed by atoms with E-state index in [1.54, 1.807) is 7.11 Å². The van der Waals surface area contributed by atoms with Gasteiger partial charge < -0.3 is 10.1 Å². The van der Waals surface area contributed by atoms with Gasteiger partial charge in [-0.3, -0.25) is 4.79 Å². The van der Waals surface area contributed by atoms with Gasteiger partial charge in [-0.1, -0.05) is 49.6 Å². The summed E-state index contributed by atoms with van der Waals surface area (Å²) in [5.41, 5.74) is 5.97. The van der Waals surface area contributed by atoms with Gasteiger partial charge in [0.25, 0.3) is 0 Å². The van der Waals surface area contributed by atoms with Crippen molar-refractivity contribution in [3.05, 3.63) is 76.6 Å². The van der Waals surface area contributed by atoms with Crippen molar-refractivity contribution in [2.24, 2.45) is 0 Å². The summed E-state index contributed by atoms with van der Waals surface area (Å²) in [7, 11) is 1.67. The van der Waals surface area contributed by atoms with Crippen molar-refractivity contribution in [1.82, 2.24) is 15.1 Å². The second-order valence-corrected chi connectivity index (χ2v) is 8.90. The molecule has 1 N–H and O–H groups in total. The molecule has 1 saturated carbocycles. The summed E-state index contributed by atoms with van der Waals surface area (Å²) < 4.78 is 7.31. The second kappa shape index (κ2) is 9.19. The molecule has 1 fully saturated rings. The number of nitrogens with zero attached hydrogens (tertiary/aromatic N) is 2. The molecule has 3 aromatic rings. The molecule has 1 heterocycles. The molecule has 32 heavy (non-hydrogen) atoms. The molecule has 5 nitrogen and oxygen atoms in total. The topological polar surface area (TPSA) is 56.1 Å². The highest BCUT2D eigenvalue weighted by atomic mass is 16.5. The van der Waals surface area contributed by atoms with E-state index >= 15 is 0 Å². The molecule has 0 atom stereocenters. The highest BCUT2D eigenvalue weighted by Gasteiger charge is 2.41. The summed E-state index contributed by atoms with van der Waals surface area (Å²) in [6.45, 7) is 6.67. The van der Waals surface area contributed by atoms with Crippen molar-refractivity contribution >= 4 is 5.91 Å². The van der Waals surface area contributed by atoms with Crippen molar-refractivity contribution < 1.29 is 9.53 Å². The molecule has 0 aliphatic heterocycles. The first-order valence-corrected chi connectivity index (χ1v) is 11.5. The number of ether oxygens (including phenoxy) is 1. The standard InChI is InChI=1S/C27H33N3O2/c1-19-10-6-7-11-25(19)30-21(3)24(20(2)29-30)18-28-26(31)27(16-8-5-9-17-27)22-12-14-23(32-4)15-13-22/h6-7,10-15H,5,8-9,16-18H2,1-4H3,(H,28,31). The third kappa shape index (κ3) is 4.04. The predicted octanol–water partition coefficient (Wildman–Crippen LogP) is 5.32. The molecule has 1 aromatic heterocycles. The molecule has 168 valence electrons. The van der Waals surface area contributed by atoms with Gasteiger partial charge in [0, 0.05) is 17.8 Å². The minimum Gasteiger partial charge on any atom is -0.497 e. The zero-order valence-electron chi connectivity index (χ0n) is 19.6. The van der Waals surface area contributed by atoms with E-state index in [4.69, 9.17) is 9.84 Å². The maximum atomic E-state index is 13.6. The molecular weight excluding hydrogens is 398 g/mol. The summed E-state index contributed by atoms with van der Waals surface area (Å²) in [4.78, 5) is 13.6. The highest BCUT2D eigenvalue weighted by Crippen LogP contribution is 2.40. The number of amides is 1. The molecule has 1 aliphatic rings. The summed E-state index contributed by atoms with van der Waals surface area (Å²) in [6, 6.07) is 16.3. The van der Waals surface area contributed by atoms with Gasteiger partial charge in [-0.25, -0.2) is 4.68 Å². The zero-order chi connectivity index (χ0) is 22.7. The lowest BCUT2D eigenvalue weighted by atomic mass is 9.68. The monoisotopic (exact) mass is 431 g/mol. The van der Waals surface area contributed by atoms with Crippen LogP contribution in [0.3, 0.4) is 0 Å². The summed E-state index contributed by atoms with van der Waals surface area (Å²) in [5.74, 6) is 0.930. The molecule has 0 bridgehead atoms. The molecule has 0 unspecified atom stereocenters. The third-order valence-corrected chi connectivity index (χ3v) is 6.99. The van der Waals surface area contributed by atoms with Crippen molar-refractivity contribution in [3.63, 3.8) is 0 Å². The Balaban J connectivity index is 1.58. The van der Waals surface area contributed by atoms with Gasteiger partial charge in [-0.15, -0.1) is 0 Å². The number of carbonyl (C=O) groups is 1. The predicted molar refractivity (Wildman–Crippen MR) is 127 cm³/mol. The number of aromatic nitrogens is 2. The van der Waals surface area contributed by atoms with Crippen molar-refractivity contribution in [1.29, 1.82) is 0 Å². The molecule has 4 rings (SSSR count). The van der Waals surface area contributed by atoms with Gasteiger partial charge in [0.1, 0.15) is 5.75 Å². The van der Waals surface area contributed by atoms with Crippen molar-refractivity contribution in [3.8, 4) is 11.4 Å². The number of carbonyl (C=O) groups excluding carboxylic acids is 1. The average Bonchev–Trinajstić information content (AvgIpc) is 3.11. The van der Waals surface area contributed by atoms with Crippen molar-refractivity contribution in [2.45, 2.75) is 64.8 Å². The number of nitrogens with one attached hydrogen (secondary N) is 1. The van der Waals surface area contributed by atoms with Crippen LogP contribution in [0.2, 0.25) is 0 Å². The van der Waals surface area contributed by atoms with E-state index in [0.717, 1.165) is 59.6 Å². The quantitative estimate of drug-likeness (QED) is 0.574. The van der Waals surface area contributed by atoms with Crippen LogP contribution < -0.4 is 10.1 Å². The van der Waals surface area contributed by atoms with Crippen LogP contribution in [-0.4, -0.2) is 22.8 Å². The van der Waals surface area contributed by atoms with E-state index < -0.39 is 5.41 Å². The molecular formula is C27H33N3O2. The van der Waals surface area contributed by atoms with Gasteiger partial charge in [0.15, 0.2) is 0 Å². The van der Waals surface area contributed by atoms with Crippen LogP contribution in [0.25, 0.3) is 5.69 Å². The zero-order valence-corrected chi connectivity index (χ0v) is 19.6. The Kier molecular flexibility index (Phi) is 6.35. The Bertz CT molecular complexity index is 1090. The number of aryl methyl sites for hydroxylation is 2. The number of hydrogen-bond acceptors (Lipinski definition) is 3. The van der Waals surface area contributed by atoms with Gasteiger partial charge >= 0.3 is 0 Å². The molecule has 0 radical (unpaired) electrons. The molecule has 1 amide bonds. The first-order chi connectivity index (χ1) is 15.5. The molecule has 1 aliphatic carbocycles. The largest absolute Gasteiger partial charge is 0.497 e. The Hall–Kier alpha value is -3.08.